The molecular weight excluding hydrogens is 258 g/mol. The fraction of sp³-hybridized carbons (Fsp3) is 0.857. The molecule has 1 saturated heterocycles. The first-order valence-electron chi connectivity index (χ1n) is 7.56. The first-order valence-corrected chi connectivity index (χ1v) is 7.56. The Kier molecular flexibility index (Phi) is 5.79. The van der Waals surface area contributed by atoms with Gasteiger partial charge in [-0.15, -0.1) is 0 Å². The predicted molar refractivity (Wildman–Crippen MR) is 75.3 cm³/mol. The van der Waals surface area contributed by atoms with Crippen LogP contribution in [-0.2, 0) is 14.3 Å². The number of amides is 2. The summed E-state index contributed by atoms with van der Waals surface area (Å²) in [5.74, 6) is 0.0282. The van der Waals surface area contributed by atoms with E-state index in [4.69, 9.17) is 4.74 Å². The Balaban J connectivity index is 1.66. The number of ether oxygens (including phenoxy) is 1. The molecule has 1 saturated carbocycles. The van der Waals surface area contributed by atoms with Gasteiger partial charge in [0, 0.05) is 19.1 Å². The minimum atomic E-state index is -0.331. The highest BCUT2D eigenvalue weighted by Crippen LogP contribution is 2.17. The van der Waals surface area contributed by atoms with Crippen LogP contribution in [0.1, 0.15) is 32.6 Å². The largest absolute Gasteiger partial charge is 0.378 e. The van der Waals surface area contributed by atoms with Crippen LogP contribution in [0.5, 0.6) is 0 Å². The van der Waals surface area contributed by atoms with Gasteiger partial charge in [0.15, 0.2) is 0 Å². The molecule has 1 unspecified atom stereocenters. The quantitative estimate of drug-likeness (QED) is 0.738. The van der Waals surface area contributed by atoms with E-state index in [0.717, 1.165) is 12.8 Å². The predicted octanol–water partition coefficient (Wildman–Crippen LogP) is -0.118. The van der Waals surface area contributed by atoms with E-state index in [-0.39, 0.29) is 24.4 Å². The monoisotopic (exact) mass is 283 g/mol. The van der Waals surface area contributed by atoms with Gasteiger partial charge in [-0.25, -0.2) is 0 Å². The average Bonchev–Trinajstić information content (AvgIpc) is 2.97. The summed E-state index contributed by atoms with van der Waals surface area (Å²) >= 11 is 0. The third kappa shape index (κ3) is 4.45. The lowest BCUT2D eigenvalue weighted by Crippen LogP contribution is -2.51. The van der Waals surface area contributed by atoms with Gasteiger partial charge in [-0.1, -0.05) is 12.8 Å². The molecule has 1 heterocycles. The van der Waals surface area contributed by atoms with Gasteiger partial charge in [-0.2, -0.15) is 0 Å². The molecule has 2 N–H and O–H groups in total. The van der Waals surface area contributed by atoms with Crippen molar-refractivity contribution in [2.45, 2.75) is 44.7 Å². The topological polar surface area (TPSA) is 70.7 Å². The van der Waals surface area contributed by atoms with E-state index in [1.54, 1.807) is 11.8 Å². The van der Waals surface area contributed by atoms with Crippen molar-refractivity contribution in [1.29, 1.82) is 0 Å². The Morgan fingerprint density at radius 3 is 2.55 bits per heavy atom. The van der Waals surface area contributed by atoms with E-state index in [1.165, 1.54) is 12.8 Å². The first-order chi connectivity index (χ1) is 9.66. The Hall–Kier alpha value is -1.14. The first kappa shape index (κ1) is 15.3. The second kappa shape index (κ2) is 7.59. The molecule has 2 fully saturated rings. The molecular formula is C14H25N3O3. The second-order valence-corrected chi connectivity index (χ2v) is 5.59. The summed E-state index contributed by atoms with van der Waals surface area (Å²) in [6.45, 7) is 4.48. The molecule has 0 aromatic rings. The smallest absolute Gasteiger partial charge is 0.239 e. The van der Waals surface area contributed by atoms with Crippen molar-refractivity contribution in [3.8, 4) is 0 Å². The van der Waals surface area contributed by atoms with Gasteiger partial charge >= 0.3 is 0 Å². The van der Waals surface area contributed by atoms with Crippen molar-refractivity contribution in [2.75, 3.05) is 32.8 Å². The van der Waals surface area contributed by atoms with Gasteiger partial charge in [0.25, 0.3) is 0 Å². The van der Waals surface area contributed by atoms with E-state index >= 15 is 0 Å². The summed E-state index contributed by atoms with van der Waals surface area (Å²) in [6, 6.07) is -0.00280. The van der Waals surface area contributed by atoms with Gasteiger partial charge < -0.3 is 15.0 Å². The van der Waals surface area contributed by atoms with Crippen molar-refractivity contribution >= 4 is 11.8 Å². The number of carbonyl (C=O) groups is 2. The molecule has 0 radical (unpaired) electrons. The maximum Gasteiger partial charge on any atom is 0.239 e. The highest BCUT2D eigenvalue weighted by molar-refractivity contribution is 5.83. The fourth-order valence-corrected chi connectivity index (χ4v) is 2.74. The van der Waals surface area contributed by atoms with Crippen LogP contribution in [0.4, 0.5) is 0 Å². The van der Waals surface area contributed by atoms with Crippen molar-refractivity contribution in [1.82, 2.24) is 15.5 Å². The van der Waals surface area contributed by atoms with Crippen LogP contribution in [0.3, 0.4) is 0 Å². The molecule has 1 aliphatic carbocycles. The lowest BCUT2D eigenvalue weighted by atomic mass is 10.2. The average molecular weight is 283 g/mol. The lowest BCUT2D eigenvalue weighted by Gasteiger charge is -2.29. The van der Waals surface area contributed by atoms with E-state index in [1.807, 2.05) is 0 Å². The normalized spacial score (nSPS) is 21.8. The van der Waals surface area contributed by atoms with Gasteiger partial charge in [-0.05, 0) is 19.8 Å². The number of nitrogens with one attached hydrogen (secondary N) is 2. The van der Waals surface area contributed by atoms with Gasteiger partial charge in [0.2, 0.25) is 11.8 Å². The van der Waals surface area contributed by atoms with Crippen molar-refractivity contribution in [3.05, 3.63) is 0 Å². The number of hydrogen-bond acceptors (Lipinski definition) is 4. The summed E-state index contributed by atoms with van der Waals surface area (Å²) in [4.78, 5) is 25.7. The highest BCUT2D eigenvalue weighted by Gasteiger charge is 2.23. The number of carbonyl (C=O) groups excluding carboxylic acids is 2. The Labute approximate surface area is 120 Å². The Morgan fingerprint density at radius 2 is 1.90 bits per heavy atom. The minimum absolute atomic E-state index is 0.0153. The fourth-order valence-electron chi connectivity index (χ4n) is 2.74. The third-order valence-electron chi connectivity index (χ3n) is 3.98. The zero-order valence-corrected chi connectivity index (χ0v) is 12.2. The molecule has 2 amide bonds. The molecule has 2 aliphatic rings. The van der Waals surface area contributed by atoms with Gasteiger partial charge in [0.05, 0.1) is 25.8 Å². The van der Waals surface area contributed by atoms with Crippen molar-refractivity contribution in [2.24, 2.45) is 0 Å². The van der Waals surface area contributed by atoms with E-state index in [2.05, 4.69) is 10.6 Å². The summed E-state index contributed by atoms with van der Waals surface area (Å²) < 4.78 is 5.22. The Morgan fingerprint density at radius 1 is 1.25 bits per heavy atom. The molecule has 2 rings (SSSR count). The molecule has 1 aliphatic heterocycles. The molecule has 1 atom stereocenters. The van der Waals surface area contributed by atoms with Crippen LogP contribution >= 0.6 is 0 Å². The zero-order chi connectivity index (χ0) is 14.4. The van der Waals surface area contributed by atoms with Crippen LogP contribution in [0.15, 0.2) is 0 Å². The zero-order valence-electron chi connectivity index (χ0n) is 12.2. The maximum atomic E-state index is 12.1. The number of rotatable bonds is 5. The number of morpholine rings is 1. The number of nitrogens with zero attached hydrogens (tertiary/aromatic N) is 1. The van der Waals surface area contributed by atoms with Crippen molar-refractivity contribution in [3.63, 3.8) is 0 Å². The molecule has 0 aromatic heterocycles. The standard InChI is InChI=1S/C14H25N3O3/c1-11(14(19)17-6-8-20-9-7-17)15-10-13(18)16-12-4-2-3-5-12/h11-12,15H,2-10H2,1H3,(H,16,18). The minimum Gasteiger partial charge on any atom is -0.378 e. The van der Waals surface area contributed by atoms with Crippen LogP contribution in [0, 0.1) is 0 Å². The summed E-state index contributed by atoms with van der Waals surface area (Å²) in [5, 5.41) is 6.02. The summed E-state index contributed by atoms with van der Waals surface area (Å²) in [7, 11) is 0. The molecule has 0 bridgehead atoms. The second-order valence-electron chi connectivity index (χ2n) is 5.59. The molecule has 6 heteroatoms. The summed E-state index contributed by atoms with van der Waals surface area (Å²) in [5.41, 5.74) is 0. The SMILES string of the molecule is CC(NCC(=O)NC1CCCC1)C(=O)N1CCOCC1. The third-order valence-corrected chi connectivity index (χ3v) is 3.98. The number of hydrogen-bond donors (Lipinski definition) is 2. The molecule has 20 heavy (non-hydrogen) atoms. The van der Waals surface area contributed by atoms with E-state index < -0.39 is 0 Å². The van der Waals surface area contributed by atoms with Crippen LogP contribution < -0.4 is 10.6 Å². The van der Waals surface area contributed by atoms with Gasteiger partial charge in [0.1, 0.15) is 0 Å². The van der Waals surface area contributed by atoms with Crippen molar-refractivity contribution < 1.29 is 14.3 Å². The van der Waals surface area contributed by atoms with E-state index in [9.17, 15) is 9.59 Å². The molecule has 6 nitrogen and oxygen atoms in total. The molecule has 114 valence electrons. The molecule has 0 spiro atoms. The maximum absolute atomic E-state index is 12.1. The Bertz CT molecular complexity index is 337. The van der Waals surface area contributed by atoms with Crippen LogP contribution in [0.25, 0.3) is 0 Å². The van der Waals surface area contributed by atoms with E-state index in [0.29, 0.717) is 32.3 Å². The summed E-state index contributed by atoms with van der Waals surface area (Å²) in [6.07, 6.45) is 4.55. The van der Waals surface area contributed by atoms with Crippen LogP contribution in [0.2, 0.25) is 0 Å². The molecule has 0 aromatic carbocycles. The highest BCUT2D eigenvalue weighted by atomic mass is 16.5. The lowest BCUT2D eigenvalue weighted by molar-refractivity contribution is -0.137. The van der Waals surface area contributed by atoms with Crippen LogP contribution in [-0.4, -0.2) is 61.6 Å². The van der Waals surface area contributed by atoms with Gasteiger partial charge in [-0.3, -0.25) is 14.9 Å².